The second-order valence-electron chi connectivity index (χ2n) is 10.2. The van der Waals surface area contributed by atoms with Crippen LogP contribution in [-0.4, -0.2) is 14.5 Å². The van der Waals surface area contributed by atoms with E-state index in [9.17, 15) is 0 Å². The molecule has 3 aromatic carbocycles. The van der Waals surface area contributed by atoms with Crippen molar-refractivity contribution in [2.45, 2.75) is 49.3 Å². The van der Waals surface area contributed by atoms with Crippen LogP contribution in [0.15, 0.2) is 90.0 Å². The quantitative estimate of drug-likeness (QED) is 0.172. The van der Waals surface area contributed by atoms with Crippen molar-refractivity contribution in [3.05, 3.63) is 108 Å². The Morgan fingerprint density at radius 3 is 2.64 bits per heavy atom. The van der Waals surface area contributed by atoms with E-state index in [1.54, 1.807) is 5.57 Å². The maximum Gasteiger partial charge on any atom is 0.0777 e. The molecule has 0 amide bonds. The van der Waals surface area contributed by atoms with E-state index >= 15 is 0 Å². The van der Waals surface area contributed by atoms with Crippen LogP contribution in [0.3, 0.4) is 0 Å². The van der Waals surface area contributed by atoms with Crippen molar-refractivity contribution in [2.75, 3.05) is 0 Å². The van der Waals surface area contributed by atoms with Gasteiger partial charge in [-0.2, -0.15) is 11.8 Å². The molecule has 0 spiro atoms. The average molecular weight is 704 g/mol. The maximum absolute atomic E-state index is 4.91. The Bertz CT molecular complexity index is 1650. The zero-order chi connectivity index (χ0) is 25.5. The number of imidazole rings is 1. The minimum Gasteiger partial charge on any atom is -0.360 e. The molecule has 0 saturated heterocycles. The Labute approximate surface area is 248 Å². The minimum atomic E-state index is 0. The molecule has 3 nitrogen and oxygen atoms in total. The van der Waals surface area contributed by atoms with Crippen molar-refractivity contribution in [3.8, 4) is 22.6 Å². The van der Waals surface area contributed by atoms with Gasteiger partial charge in [0, 0.05) is 43.7 Å². The summed E-state index contributed by atoms with van der Waals surface area (Å²) in [4.78, 5) is 10.7. The van der Waals surface area contributed by atoms with E-state index < -0.39 is 0 Å². The smallest absolute Gasteiger partial charge is 0.0777 e. The number of hydrogen-bond donors (Lipinski definition) is 0. The molecule has 1 unspecified atom stereocenters. The van der Waals surface area contributed by atoms with Crippen LogP contribution in [0, 0.1) is 18.1 Å². The van der Waals surface area contributed by atoms with Gasteiger partial charge >= 0.3 is 0 Å². The fourth-order valence-electron chi connectivity index (χ4n) is 6.17. The van der Waals surface area contributed by atoms with Crippen LogP contribution in [0.4, 0.5) is 0 Å². The first-order valence-corrected chi connectivity index (χ1v) is 14.5. The Balaban J connectivity index is 0.000000151. The van der Waals surface area contributed by atoms with Gasteiger partial charge in [-0.05, 0) is 42.2 Å². The first-order valence-electron chi connectivity index (χ1n) is 13.6. The third kappa shape index (κ3) is 4.82. The average Bonchev–Trinajstić information content (AvgIpc) is 3.64. The fourth-order valence-corrected chi connectivity index (χ4v) is 7.30. The molecular weight excluding hydrogens is 675 g/mol. The number of nitrogens with zero attached hydrogens (tertiary/aromatic N) is 3. The molecule has 1 radical (unpaired) electrons. The molecular formula is C34H29IrN3S-2. The Morgan fingerprint density at radius 2 is 1.79 bits per heavy atom. The number of fused-ring (bicyclic) bond motifs is 3. The van der Waals surface area contributed by atoms with Crippen LogP contribution in [0.2, 0.25) is 0 Å². The van der Waals surface area contributed by atoms with E-state index in [0.29, 0.717) is 5.25 Å². The zero-order valence-electron chi connectivity index (χ0n) is 21.9. The number of rotatable bonds is 2. The van der Waals surface area contributed by atoms with Crippen molar-refractivity contribution >= 4 is 28.4 Å². The standard InChI is InChI=1S/C21H19N2.C13H10NS.Ir/c1-2-9-16(10-3-1)21-22-19-12-6-11-18-17(15-7-4-5-8-15)13-14-23(21)20(18)19;1-9-10-6-4-8-14-13(10)11-5-2-3-7-12(11)15-9;/h1-3,6,9,11-13,15H,4-5,7-8,14H2;2-4,6-9H,1H3;/q2*-1;. The number of pyridine rings is 1. The summed E-state index contributed by atoms with van der Waals surface area (Å²) in [7, 11) is 0. The van der Waals surface area contributed by atoms with Crippen molar-refractivity contribution in [3.63, 3.8) is 0 Å². The molecule has 0 bridgehead atoms. The summed E-state index contributed by atoms with van der Waals surface area (Å²) >= 11 is 1.88. The molecule has 4 heterocycles. The van der Waals surface area contributed by atoms with Gasteiger partial charge < -0.3 is 9.55 Å². The van der Waals surface area contributed by atoms with E-state index in [0.717, 1.165) is 40.6 Å². The summed E-state index contributed by atoms with van der Waals surface area (Å²) in [5.74, 6) is 1.78. The third-order valence-corrected chi connectivity index (χ3v) is 9.15. The molecule has 1 atom stereocenters. The van der Waals surface area contributed by atoms with Gasteiger partial charge in [-0.3, -0.25) is 4.98 Å². The van der Waals surface area contributed by atoms with E-state index in [4.69, 9.17) is 4.98 Å². The minimum absolute atomic E-state index is 0. The molecule has 197 valence electrons. The maximum atomic E-state index is 4.91. The van der Waals surface area contributed by atoms with Gasteiger partial charge in [0.15, 0.2) is 0 Å². The molecule has 5 heteroatoms. The monoisotopic (exact) mass is 704 g/mol. The third-order valence-electron chi connectivity index (χ3n) is 7.95. The fraction of sp³-hybridized carbons (Fsp3) is 0.235. The van der Waals surface area contributed by atoms with Crippen molar-refractivity contribution in [2.24, 2.45) is 5.92 Å². The molecule has 3 aliphatic rings. The molecule has 1 aliphatic carbocycles. The van der Waals surface area contributed by atoms with E-state index in [2.05, 4.69) is 77.1 Å². The van der Waals surface area contributed by atoms with Gasteiger partial charge in [0.05, 0.1) is 16.9 Å². The summed E-state index contributed by atoms with van der Waals surface area (Å²) in [5.41, 5.74) is 10.0. The normalized spacial score (nSPS) is 17.4. The number of allylic oxidation sites excluding steroid dienone is 2. The zero-order valence-corrected chi connectivity index (χ0v) is 25.1. The summed E-state index contributed by atoms with van der Waals surface area (Å²) < 4.78 is 2.36. The summed E-state index contributed by atoms with van der Waals surface area (Å²) in [6.07, 6.45) is 9.73. The van der Waals surface area contributed by atoms with Gasteiger partial charge in [-0.15, -0.1) is 65.7 Å². The number of hydrogen-bond acceptors (Lipinski definition) is 3. The van der Waals surface area contributed by atoms with Crippen LogP contribution < -0.4 is 0 Å². The number of benzene rings is 3. The molecule has 1 fully saturated rings. The van der Waals surface area contributed by atoms with E-state index in [-0.39, 0.29) is 20.1 Å². The second-order valence-corrected chi connectivity index (χ2v) is 11.6. The van der Waals surface area contributed by atoms with Gasteiger partial charge in [-0.1, -0.05) is 54.5 Å². The van der Waals surface area contributed by atoms with Crippen molar-refractivity contribution in [1.29, 1.82) is 0 Å². The van der Waals surface area contributed by atoms with Crippen molar-refractivity contribution in [1.82, 2.24) is 14.5 Å². The summed E-state index contributed by atoms with van der Waals surface area (Å²) in [6.45, 7) is 3.15. The number of thioether (sulfide) groups is 1. The predicted octanol–water partition coefficient (Wildman–Crippen LogP) is 8.80. The SMILES string of the molecule is CC1Sc2ccc[c-]c2-c2ncccc21.[Ir].[c-]1ccccc1-c1nc2cccc3c2n1CC=C3C1CCCC1. The van der Waals surface area contributed by atoms with Gasteiger partial charge in [0.1, 0.15) is 0 Å². The predicted molar refractivity (Wildman–Crippen MR) is 157 cm³/mol. The van der Waals surface area contributed by atoms with E-state index in [1.807, 2.05) is 48.3 Å². The molecule has 5 aromatic rings. The Morgan fingerprint density at radius 1 is 0.923 bits per heavy atom. The number of aromatic nitrogens is 3. The molecule has 2 aliphatic heterocycles. The first kappa shape index (κ1) is 26.3. The van der Waals surface area contributed by atoms with Gasteiger partial charge in [0.2, 0.25) is 0 Å². The van der Waals surface area contributed by atoms with E-state index in [1.165, 1.54) is 47.2 Å². The molecule has 1 saturated carbocycles. The van der Waals surface area contributed by atoms with Gasteiger partial charge in [-0.25, -0.2) is 0 Å². The summed E-state index contributed by atoms with van der Waals surface area (Å²) in [5, 5.41) is 0.483. The second kappa shape index (κ2) is 11.3. The Kier molecular flexibility index (Phi) is 7.57. The van der Waals surface area contributed by atoms with Crippen LogP contribution >= 0.6 is 11.8 Å². The first-order chi connectivity index (χ1) is 18.8. The molecule has 8 rings (SSSR count). The van der Waals surface area contributed by atoms with Gasteiger partial charge in [0.25, 0.3) is 0 Å². The summed E-state index contributed by atoms with van der Waals surface area (Å²) in [6, 6.07) is 31.6. The van der Waals surface area contributed by atoms with Crippen LogP contribution in [-0.2, 0) is 26.7 Å². The topological polar surface area (TPSA) is 30.7 Å². The van der Waals surface area contributed by atoms with Crippen LogP contribution in [0.5, 0.6) is 0 Å². The number of para-hydroxylation sites is 1. The molecule has 39 heavy (non-hydrogen) atoms. The van der Waals surface area contributed by atoms with Crippen LogP contribution in [0.1, 0.15) is 49.0 Å². The van der Waals surface area contributed by atoms with Crippen molar-refractivity contribution < 1.29 is 20.1 Å². The van der Waals surface area contributed by atoms with Crippen LogP contribution in [0.25, 0.3) is 39.3 Å². The Hall–Kier alpha value is -2.98. The molecule has 2 aromatic heterocycles. The molecule has 0 N–H and O–H groups in total. The largest absolute Gasteiger partial charge is 0.360 e.